The van der Waals surface area contributed by atoms with Crippen molar-refractivity contribution in [3.05, 3.63) is 23.5 Å². The molecule has 60 valence electrons. The van der Waals surface area contributed by atoms with Gasteiger partial charge in [0.25, 0.3) is 0 Å². The molecular weight excluding hydrogens is 140 g/mol. The molecule has 0 bridgehead atoms. The first kappa shape index (κ1) is 7.94. The van der Waals surface area contributed by atoms with E-state index in [4.69, 9.17) is 5.73 Å². The van der Waals surface area contributed by atoms with Crippen LogP contribution in [-0.4, -0.2) is 15.4 Å². The van der Waals surface area contributed by atoms with Gasteiger partial charge in [-0.2, -0.15) is 15.4 Å². The molecule has 1 aromatic rings. The average Bonchev–Trinajstić information content (AvgIpc) is 2.35. The lowest BCUT2D eigenvalue weighted by atomic mass is 10.2. The number of aromatic nitrogens is 3. The zero-order chi connectivity index (χ0) is 8.27. The molecule has 1 rings (SSSR count). The van der Waals surface area contributed by atoms with Gasteiger partial charge in [0.1, 0.15) is 5.69 Å². The third-order valence-electron chi connectivity index (χ3n) is 1.29. The Bertz CT molecular complexity index is 233. The molecule has 4 nitrogen and oxygen atoms in total. The van der Waals surface area contributed by atoms with Crippen LogP contribution < -0.4 is 5.73 Å². The summed E-state index contributed by atoms with van der Waals surface area (Å²) in [4.78, 5) is 0. The summed E-state index contributed by atoms with van der Waals surface area (Å²) in [7, 11) is 0. The van der Waals surface area contributed by atoms with Gasteiger partial charge in [-0.05, 0) is 13.8 Å². The maximum atomic E-state index is 5.74. The molecular formula is C7H12N4. The summed E-state index contributed by atoms with van der Waals surface area (Å²) in [5.41, 5.74) is 7.69. The maximum Gasteiger partial charge on any atom is 0.103 e. The standard InChI is InChI=1S/C7H12N4/c1-5(2)3-6(8)7-4-9-11-10-7/h3-4,6H,8H2,1-2H3,(H,9,10,11). The van der Waals surface area contributed by atoms with Crippen LogP contribution in [0.15, 0.2) is 17.8 Å². The highest BCUT2D eigenvalue weighted by Crippen LogP contribution is 2.07. The first-order valence-corrected chi connectivity index (χ1v) is 3.46. The summed E-state index contributed by atoms with van der Waals surface area (Å²) in [6, 6.07) is -0.140. The first-order valence-electron chi connectivity index (χ1n) is 3.46. The minimum absolute atomic E-state index is 0.140. The van der Waals surface area contributed by atoms with Gasteiger partial charge in [0.15, 0.2) is 0 Å². The number of hydrogen-bond donors (Lipinski definition) is 2. The molecule has 0 aliphatic heterocycles. The van der Waals surface area contributed by atoms with Gasteiger partial charge in [-0.15, -0.1) is 0 Å². The number of hydrogen-bond acceptors (Lipinski definition) is 3. The number of nitrogens with one attached hydrogen (secondary N) is 1. The van der Waals surface area contributed by atoms with E-state index >= 15 is 0 Å². The van der Waals surface area contributed by atoms with Gasteiger partial charge in [0, 0.05) is 0 Å². The molecule has 0 saturated heterocycles. The number of H-pyrrole nitrogens is 1. The summed E-state index contributed by atoms with van der Waals surface area (Å²) >= 11 is 0. The largest absolute Gasteiger partial charge is 0.319 e. The van der Waals surface area contributed by atoms with Gasteiger partial charge >= 0.3 is 0 Å². The third-order valence-corrected chi connectivity index (χ3v) is 1.29. The zero-order valence-electron chi connectivity index (χ0n) is 6.70. The molecule has 1 atom stereocenters. The minimum Gasteiger partial charge on any atom is -0.319 e. The first-order chi connectivity index (χ1) is 5.20. The molecule has 1 unspecified atom stereocenters. The molecule has 0 saturated carbocycles. The summed E-state index contributed by atoms with van der Waals surface area (Å²) in [5, 5.41) is 10.0. The van der Waals surface area contributed by atoms with E-state index in [0.717, 1.165) is 5.69 Å². The van der Waals surface area contributed by atoms with Crippen molar-refractivity contribution in [2.75, 3.05) is 0 Å². The lowest BCUT2D eigenvalue weighted by molar-refractivity contribution is 0.828. The van der Waals surface area contributed by atoms with Crippen molar-refractivity contribution in [2.45, 2.75) is 19.9 Å². The molecule has 0 aromatic carbocycles. The second-order valence-corrected chi connectivity index (χ2v) is 2.66. The normalized spacial score (nSPS) is 12.6. The second kappa shape index (κ2) is 3.30. The van der Waals surface area contributed by atoms with E-state index in [9.17, 15) is 0 Å². The Labute approximate surface area is 65.5 Å². The lowest BCUT2D eigenvalue weighted by Crippen LogP contribution is -2.07. The van der Waals surface area contributed by atoms with Crippen LogP contribution in [0.1, 0.15) is 25.6 Å². The number of rotatable bonds is 2. The van der Waals surface area contributed by atoms with E-state index in [1.165, 1.54) is 5.57 Å². The highest BCUT2D eigenvalue weighted by atomic mass is 15.3. The third kappa shape index (κ3) is 2.16. The molecule has 0 aliphatic rings. The fourth-order valence-corrected chi connectivity index (χ4v) is 0.816. The number of nitrogens with zero attached hydrogens (tertiary/aromatic N) is 2. The van der Waals surface area contributed by atoms with E-state index in [0.29, 0.717) is 0 Å². The van der Waals surface area contributed by atoms with Crippen LogP contribution in [0.2, 0.25) is 0 Å². The molecule has 1 heterocycles. The number of nitrogens with two attached hydrogens (primary N) is 1. The monoisotopic (exact) mass is 152 g/mol. The van der Waals surface area contributed by atoms with E-state index in [2.05, 4.69) is 15.4 Å². The molecule has 0 spiro atoms. The van der Waals surface area contributed by atoms with Crippen molar-refractivity contribution in [3.8, 4) is 0 Å². The van der Waals surface area contributed by atoms with Gasteiger partial charge in [-0.1, -0.05) is 11.6 Å². The van der Waals surface area contributed by atoms with Crippen molar-refractivity contribution >= 4 is 0 Å². The highest BCUT2D eigenvalue weighted by molar-refractivity contribution is 5.11. The van der Waals surface area contributed by atoms with Gasteiger partial charge < -0.3 is 5.73 Å². The fourth-order valence-electron chi connectivity index (χ4n) is 0.816. The molecule has 4 heteroatoms. The molecule has 11 heavy (non-hydrogen) atoms. The Kier molecular flexibility index (Phi) is 2.38. The molecule has 0 amide bonds. The summed E-state index contributed by atoms with van der Waals surface area (Å²) in [6.45, 7) is 4.00. The molecule has 0 aliphatic carbocycles. The van der Waals surface area contributed by atoms with Gasteiger partial charge in [0.2, 0.25) is 0 Å². The Morgan fingerprint density at radius 2 is 2.45 bits per heavy atom. The SMILES string of the molecule is CC(C)=CC(N)c1cn[nH]n1. The average molecular weight is 152 g/mol. The molecule has 0 radical (unpaired) electrons. The predicted molar refractivity (Wildman–Crippen MR) is 42.7 cm³/mol. The smallest absolute Gasteiger partial charge is 0.103 e. The highest BCUT2D eigenvalue weighted by Gasteiger charge is 2.03. The van der Waals surface area contributed by atoms with Crippen LogP contribution in [0, 0.1) is 0 Å². The molecule has 1 aromatic heterocycles. The fraction of sp³-hybridized carbons (Fsp3) is 0.429. The van der Waals surface area contributed by atoms with E-state index in [1.54, 1.807) is 6.20 Å². The quantitative estimate of drug-likeness (QED) is 0.615. The minimum atomic E-state index is -0.140. The van der Waals surface area contributed by atoms with Crippen molar-refractivity contribution < 1.29 is 0 Å². The van der Waals surface area contributed by atoms with E-state index in [-0.39, 0.29) is 6.04 Å². The predicted octanol–water partition coefficient (Wildman–Crippen LogP) is 0.771. The molecule has 0 fully saturated rings. The zero-order valence-corrected chi connectivity index (χ0v) is 6.70. The van der Waals surface area contributed by atoms with Crippen LogP contribution in [-0.2, 0) is 0 Å². The van der Waals surface area contributed by atoms with E-state index < -0.39 is 0 Å². The van der Waals surface area contributed by atoms with Gasteiger partial charge in [0.05, 0.1) is 12.2 Å². The van der Waals surface area contributed by atoms with Crippen molar-refractivity contribution in [1.29, 1.82) is 0 Å². The Hall–Kier alpha value is -1.16. The summed E-state index contributed by atoms with van der Waals surface area (Å²) in [5.74, 6) is 0. The second-order valence-electron chi connectivity index (χ2n) is 2.66. The van der Waals surface area contributed by atoms with Crippen LogP contribution >= 0.6 is 0 Å². The molecule has 3 N–H and O–H groups in total. The Morgan fingerprint density at radius 1 is 1.73 bits per heavy atom. The maximum absolute atomic E-state index is 5.74. The van der Waals surface area contributed by atoms with Gasteiger partial charge in [-0.25, -0.2) is 0 Å². The van der Waals surface area contributed by atoms with Crippen LogP contribution in [0.25, 0.3) is 0 Å². The van der Waals surface area contributed by atoms with Gasteiger partial charge in [-0.3, -0.25) is 0 Å². The van der Waals surface area contributed by atoms with Crippen molar-refractivity contribution in [2.24, 2.45) is 5.73 Å². The lowest BCUT2D eigenvalue weighted by Gasteiger charge is -2.00. The van der Waals surface area contributed by atoms with Crippen LogP contribution in [0.3, 0.4) is 0 Å². The number of allylic oxidation sites excluding steroid dienone is 1. The van der Waals surface area contributed by atoms with Crippen LogP contribution in [0.5, 0.6) is 0 Å². The Morgan fingerprint density at radius 3 is 2.91 bits per heavy atom. The van der Waals surface area contributed by atoms with Crippen LogP contribution in [0.4, 0.5) is 0 Å². The topological polar surface area (TPSA) is 67.6 Å². The Balaban J connectivity index is 2.71. The van der Waals surface area contributed by atoms with Crippen molar-refractivity contribution in [1.82, 2.24) is 15.4 Å². The number of aromatic amines is 1. The summed E-state index contributed by atoms with van der Waals surface area (Å²) in [6.07, 6.45) is 3.57. The summed E-state index contributed by atoms with van der Waals surface area (Å²) < 4.78 is 0. The van der Waals surface area contributed by atoms with Crippen molar-refractivity contribution in [3.63, 3.8) is 0 Å². The van der Waals surface area contributed by atoms with E-state index in [1.807, 2.05) is 19.9 Å².